The van der Waals surface area contributed by atoms with E-state index in [1.807, 2.05) is 0 Å². The lowest BCUT2D eigenvalue weighted by Gasteiger charge is -2.25. The monoisotopic (exact) mass is 128 g/mol. The van der Waals surface area contributed by atoms with E-state index < -0.39 is 0 Å². The van der Waals surface area contributed by atoms with Gasteiger partial charge in [0.1, 0.15) is 0 Å². The van der Waals surface area contributed by atoms with Gasteiger partial charge in [0.25, 0.3) is 0 Å². The third kappa shape index (κ3) is 1.50. The average molecular weight is 128 g/mol. The lowest BCUT2D eigenvalue weighted by molar-refractivity contribution is -0.122. The van der Waals surface area contributed by atoms with Crippen molar-refractivity contribution in [3.63, 3.8) is 0 Å². The summed E-state index contributed by atoms with van der Waals surface area (Å²) in [7, 11) is 0. The van der Waals surface area contributed by atoms with Gasteiger partial charge in [0.15, 0.2) is 5.78 Å². The van der Waals surface area contributed by atoms with Crippen molar-refractivity contribution >= 4 is 5.78 Å². The largest absolute Gasteiger partial charge is 0.330 e. The fraction of sp³-hybridized carbons (Fsp3) is 0.833. The molecule has 1 aliphatic rings. The summed E-state index contributed by atoms with van der Waals surface area (Å²) in [5.74, 6) is 0.267. The molecule has 3 N–H and O–H groups in total. The minimum Gasteiger partial charge on any atom is -0.330 e. The Balaban J connectivity index is 2.16. The quantitative estimate of drug-likeness (QED) is 0.526. The second-order valence-electron chi connectivity index (χ2n) is 2.30. The van der Waals surface area contributed by atoms with Crippen molar-refractivity contribution in [3.05, 3.63) is 0 Å². The van der Waals surface area contributed by atoms with E-state index in [1.54, 1.807) is 0 Å². The van der Waals surface area contributed by atoms with Crippen LogP contribution in [0, 0.1) is 0 Å². The normalized spacial score (nSPS) is 25.2. The van der Waals surface area contributed by atoms with E-state index in [2.05, 4.69) is 5.32 Å². The molecule has 3 heteroatoms. The standard InChI is InChI=1S/C6H12N2O/c7-3-1-6(9)5-2-4-8-5/h5,8H,1-4,7H2. The number of carbonyl (C=O) groups is 1. The van der Waals surface area contributed by atoms with E-state index in [1.165, 1.54) is 0 Å². The molecule has 0 aromatic carbocycles. The zero-order valence-electron chi connectivity index (χ0n) is 5.39. The Labute approximate surface area is 54.6 Å². The molecule has 0 spiro atoms. The first-order valence-corrected chi connectivity index (χ1v) is 3.31. The smallest absolute Gasteiger partial charge is 0.151 e. The highest BCUT2D eigenvalue weighted by Crippen LogP contribution is 2.03. The van der Waals surface area contributed by atoms with Crippen molar-refractivity contribution < 1.29 is 4.79 Å². The molecule has 1 fully saturated rings. The maximum atomic E-state index is 10.9. The zero-order chi connectivity index (χ0) is 6.69. The molecule has 0 radical (unpaired) electrons. The van der Waals surface area contributed by atoms with E-state index in [0.717, 1.165) is 13.0 Å². The van der Waals surface area contributed by atoms with Gasteiger partial charge in [-0.3, -0.25) is 4.79 Å². The van der Waals surface area contributed by atoms with Crippen LogP contribution in [-0.4, -0.2) is 24.9 Å². The number of rotatable bonds is 3. The Morgan fingerprint density at radius 2 is 2.44 bits per heavy atom. The molecule has 0 saturated carbocycles. The van der Waals surface area contributed by atoms with E-state index in [4.69, 9.17) is 5.73 Å². The Bertz CT molecular complexity index is 110. The molecule has 1 rings (SSSR count). The molecule has 3 nitrogen and oxygen atoms in total. The number of hydrogen-bond donors (Lipinski definition) is 2. The van der Waals surface area contributed by atoms with Crippen LogP contribution in [0.2, 0.25) is 0 Å². The third-order valence-corrected chi connectivity index (χ3v) is 1.60. The minimum absolute atomic E-state index is 0.133. The minimum atomic E-state index is 0.133. The number of hydrogen-bond acceptors (Lipinski definition) is 3. The predicted molar refractivity (Wildman–Crippen MR) is 35.1 cm³/mol. The highest BCUT2D eigenvalue weighted by atomic mass is 16.1. The molecule has 1 atom stereocenters. The first-order valence-electron chi connectivity index (χ1n) is 3.31. The van der Waals surface area contributed by atoms with Gasteiger partial charge in [-0.1, -0.05) is 0 Å². The molecule has 0 aromatic heterocycles. The SMILES string of the molecule is NCCC(=O)C1CCN1. The number of nitrogens with one attached hydrogen (secondary N) is 1. The van der Waals surface area contributed by atoms with Crippen molar-refractivity contribution in [2.75, 3.05) is 13.1 Å². The van der Waals surface area contributed by atoms with Crippen LogP contribution < -0.4 is 11.1 Å². The fourth-order valence-electron chi connectivity index (χ4n) is 0.880. The first-order chi connectivity index (χ1) is 4.34. The van der Waals surface area contributed by atoms with Crippen molar-refractivity contribution in [3.8, 4) is 0 Å². The lowest BCUT2D eigenvalue weighted by Crippen LogP contribution is -2.48. The van der Waals surface area contributed by atoms with Crippen LogP contribution in [0.15, 0.2) is 0 Å². The topological polar surface area (TPSA) is 55.1 Å². The van der Waals surface area contributed by atoms with Gasteiger partial charge in [-0.05, 0) is 19.5 Å². The number of Topliss-reactive ketones (excluding diaryl/α,β-unsaturated/α-hetero) is 1. The van der Waals surface area contributed by atoms with Crippen LogP contribution in [0.4, 0.5) is 0 Å². The molecule has 0 aliphatic carbocycles. The van der Waals surface area contributed by atoms with Gasteiger partial charge in [0, 0.05) is 6.42 Å². The van der Waals surface area contributed by atoms with Crippen LogP contribution >= 0.6 is 0 Å². The van der Waals surface area contributed by atoms with Gasteiger partial charge in [0.05, 0.1) is 6.04 Å². The van der Waals surface area contributed by atoms with Crippen LogP contribution in [0.25, 0.3) is 0 Å². The molecule has 9 heavy (non-hydrogen) atoms. The highest BCUT2D eigenvalue weighted by molar-refractivity contribution is 5.84. The summed E-state index contributed by atoms with van der Waals surface area (Å²) in [5, 5.41) is 3.02. The molecule has 0 amide bonds. The van der Waals surface area contributed by atoms with Crippen molar-refractivity contribution in [1.29, 1.82) is 0 Å². The number of ketones is 1. The van der Waals surface area contributed by atoms with Crippen LogP contribution in [-0.2, 0) is 4.79 Å². The van der Waals surface area contributed by atoms with Gasteiger partial charge >= 0.3 is 0 Å². The molecule has 1 unspecified atom stereocenters. The van der Waals surface area contributed by atoms with Crippen LogP contribution in [0.3, 0.4) is 0 Å². The Hall–Kier alpha value is -0.410. The summed E-state index contributed by atoms with van der Waals surface area (Å²) in [6.07, 6.45) is 1.52. The van der Waals surface area contributed by atoms with E-state index in [-0.39, 0.29) is 11.8 Å². The molecule has 52 valence electrons. The average Bonchev–Trinajstić information content (AvgIpc) is 1.60. The zero-order valence-corrected chi connectivity index (χ0v) is 5.39. The Morgan fingerprint density at radius 1 is 1.78 bits per heavy atom. The Kier molecular flexibility index (Phi) is 2.19. The predicted octanol–water partition coefficient (Wildman–Crippen LogP) is -0.734. The fourth-order valence-corrected chi connectivity index (χ4v) is 0.880. The summed E-state index contributed by atoms with van der Waals surface area (Å²) >= 11 is 0. The molecule has 0 bridgehead atoms. The van der Waals surface area contributed by atoms with Crippen LogP contribution in [0.1, 0.15) is 12.8 Å². The third-order valence-electron chi connectivity index (χ3n) is 1.60. The summed E-state index contributed by atoms with van der Waals surface area (Å²) < 4.78 is 0. The number of carbonyl (C=O) groups excluding carboxylic acids is 1. The second-order valence-corrected chi connectivity index (χ2v) is 2.30. The first kappa shape index (κ1) is 6.71. The summed E-state index contributed by atoms with van der Waals surface area (Å²) in [6.45, 7) is 1.47. The van der Waals surface area contributed by atoms with E-state index >= 15 is 0 Å². The summed E-state index contributed by atoms with van der Waals surface area (Å²) in [5.41, 5.74) is 5.20. The summed E-state index contributed by atoms with van der Waals surface area (Å²) in [4.78, 5) is 10.9. The van der Waals surface area contributed by atoms with Crippen molar-refractivity contribution in [1.82, 2.24) is 5.32 Å². The van der Waals surface area contributed by atoms with Gasteiger partial charge in [-0.2, -0.15) is 0 Å². The number of nitrogens with two attached hydrogens (primary N) is 1. The van der Waals surface area contributed by atoms with E-state index in [0.29, 0.717) is 13.0 Å². The van der Waals surface area contributed by atoms with Crippen LogP contribution in [0.5, 0.6) is 0 Å². The second kappa shape index (κ2) is 2.94. The van der Waals surface area contributed by atoms with Crippen molar-refractivity contribution in [2.45, 2.75) is 18.9 Å². The maximum absolute atomic E-state index is 10.9. The summed E-state index contributed by atoms with van der Waals surface area (Å²) in [6, 6.07) is 0.133. The lowest BCUT2D eigenvalue weighted by atomic mass is 10.0. The van der Waals surface area contributed by atoms with E-state index in [9.17, 15) is 4.79 Å². The molecule has 1 heterocycles. The van der Waals surface area contributed by atoms with Gasteiger partial charge < -0.3 is 11.1 Å². The molecule has 0 aromatic rings. The van der Waals surface area contributed by atoms with Gasteiger partial charge in [-0.15, -0.1) is 0 Å². The van der Waals surface area contributed by atoms with Gasteiger partial charge in [0.2, 0.25) is 0 Å². The Morgan fingerprint density at radius 3 is 2.78 bits per heavy atom. The maximum Gasteiger partial charge on any atom is 0.151 e. The molecule has 1 saturated heterocycles. The molecular weight excluding hydrogens is 116 g/mol. The van der Waals surface area contributed by atoms with Crippen molar-refractivity contribution in [2.24, 2.45) is 5.73 Å². The highest BCUT2D eigenvalue weighted by Gasteiger charge is 2.22. The molecular formula is C6H12N2O. The molecule has 1 aliphatic heterocycles. The van der Waals surface area contributed by atoms with Gasteiger partial charge in [-0.25, -0.2) is 0 Å².